The fourth-order valence-corrected chi connectivity index (χ4v) is 2.93. The molecule has 4 nitrogen and oxygen atoms in total. The molecule has 3 rings (SSSR count). The third-order valence-electron chi connectivity index (χ3n) is 2.85. The number of anilines is 1. The van der Waals surface area contributed by atoms with Gasteiger partial charge in [0.25, 0.3) is 5.91 Å². The predicted octanol–water partition coefficient (Wildman–Crippen LogP) is 4.76. The van der Waals surface area contributed by atoms with Gasteiger partial charge in [0.2, 0.25) is 0 Å². The molecule has 0 spiro atoms. The van der Waals surface area contributed by atoms with E-state index in [1.807, 2.05) is 12.1 Å². The Labute approximate surface area is 140 Å². The largest absolute Gasteiger partial charge is 0.319 e. The van der Waals surface area contributed by atoms with Gasteiger partial charge in [-0.25, -0.2) is 4.98 Å². The van der Waals surface area contributed by atoms with Crippen LogP contribution in [0.3, 0.4) is 0 Å². The Balaban J connectivity index is 1.82. The Hall–Kier alpha value is -1.95. The Morgan fingerprint density at radius 1 is 1.18 bits per heavy atom. The molecule has 1 N–H and O–H groups in total. The molecule has 0 radical (unpaired) electrons. The van der Waals surface area contributed by atoms with E-state index in [0.29, 0.717) is 21.4 Å². The lowest BCUT2D eigenvalue weighted by Gasteiger charge is -2.06. The van der Waals surface area contributed by atoms with Crippen LogP contribution >= 0.6 is 34.5 Å². The first-order valence-electron chi connectivity index (χ1n) is 6.26. The predicted molar refractivity (Wildman–Crippen MR) is 89.8 cm³/mol. The van der Waals surface area contributed by atoms with Gasteiger partial charge in [0.05, 0.1) is 15.7 Å². The molecule has 22 heavy (non-hydrogen) atoms. The number of hydrogen-bond acceptors (Lipinski definition) is 4. The van der Waals surface area contributed by atoms with E-state index in [2.05, 4.69) is 15.3 Å². The van der Waals surface area contributed by atoms with Gasteiger partial charge in [0.1, 0.15) is 10.7 Å². The summed E-state index contributed by atoms with van der Waals surface area (Å²) in [6, 6.07) is 8.76. The van der Waals surface area contributed by atoms with E-state index >= 15 is 0 Å². The van der Waals surface area contributed by atoms with Crippen molar-refractivity contribution in [2.75, 3.05) is 5.32 Å². The molecular weight excluding hydrogens is 341 g/mol. The van der Waals surface area contributed by atoms with Crippen molar-refractivity contribution in [2.45, 2.75) is 0 Å². The van der Waals surface area contributed by atoms with Gasteiger partial charge in [-0.3, -0.25) is 9.78 Å². The minimum absolute atomic E-state index is 0.306. The van der Waals surface area contributed by atoms with Gasteiger partial charge >= 0.3 is 0 Å². The van der Waals surface area contributed by atoms with Crippen LogP contribution in [0.4, 0.5) is 5.69 Å². The highest BCUT2D eigenvalue weighted by molar-refractivity contribution is 7.13. The number of nitrogens with one attached hydrogen (secondary N) is 1. The second kappa shape index (κ2) is 6.44. The molecule has 0 atom stereocenters. The number of benzene rings is 1. The van der Waals surface area contributed by atoms with E-state index in [4.69, 9.17) is 23.2 Å². The maximum absolute atomic E-state index is 12.2. The third kappa shape index (κ3) is 3.11. The maximum atomic E-state index is 12.2. The first kappa shape index (κ1) is 15.0. The van der Waals surface area contributed by atoms with Crippen LogP contribution in [0.25, 0.3) is 10.6 Å². The molecule has 2 aromatic heterocycles. The molecule has 110 valence electrons. The first-order valence-corrected chi connectivity index (χ1v) is 7.90. The van der Waals surface area contributed by atoms with E-state index in [1.54, 1.807) is 36.0 Å². The number of hydrogen-bond donors (Lipinski definition) is 1. The zero-order chi connectivity index (χ0) is 15.5. The third-order valence-corrected chi connectivity index (χ3v) is 4.56. The van der Waals surface area contributed by atoms with Gasteiger partial charge in [-0.05, 0) is 24.3 Å². The van der Waals surface area contributed by atoms with Gasteiger partial charge in [0.15, 0.2) is 0 Å². The van der Waals surface area contributed by atoms with E-state index in [1.165, 1.54) is 11.3 Å². The van der Waals surface area contributed by atoms with Gasteiger partial charge in [-0.1, -0.05) is 29.3 Å². The average molecular weight is 350 g/mol. The molecule has 0 unspecified atom stereocenters. The maximum Gasteiger partial charge on any atom is 0.275 e. The molecule has 1 aromatic carbocycles. The number of thiazole rings is 1. The highest BCUT2D eigenvalue weighted by atomic mass is 35.5. The lowest BCUT2D eigenvalue weighted by molar-refractivity contribution is 0.102. The molecule has 0 aliphatic rings. The van der Waals surface area contributed by atoms with Crippen LogP contribution in [-0.2, 0) is 0 Å². The standard InChI is InChI=1S/C15H9Cl2N3OS/c16-10-4-1-5-11(13(10)17)19-14(21)12-8-22-15(20-12)9-3-2-6-18-7-9/h1-8H,(H,19,21). The molecule has 0 saturated heterocycles. The minimum Gasteiger partial charge on any atom is -0.319 e. The first-order chi connectivity index (χ1) is 10.6. The summed E-state index contributed by atoms with van der Waals surface area (Å²) in [6.07, 6.45) is 3.39. The Morgan fingerprint density at radius 3 is 2.82 bits per heavy atom. The molecule has 0 aliphatic carbocycles. The summed E-state index contributed by atoms with van der Waals surface area (Å²) in [4.78, 5) is 20.6. The van der Waals surface area contributed by atoms with Crippen molar-refractivity contribution in [3.63, 3.8) is 0 Å². The summed E-state index contributed by atoms with van der Waals surface area (Å²) in [5.74, 6) is -0.337. The fraction of sp³-hybridized carbons (Fsp3) is 0. The van der Waals surface area contributed by atoms with Crippen molar-refractivity contribution in [1.29, 1.82) is 0 Å². The lowest BCUT2D eigenvalue weighted by atomic mass is 10.3. The number of carbonyl (C=O) groups excluding carboxylic acids is 1. The fourth-order valence-electron chi connectivity index (χ4n) is 1.79. The molecule has 2 heterocycles. The SMILES string of the molecule is O=C(Nc1cccc(Cl)c1Cl)c1csc(-c2cccnc2)n1. The minimum atomic E-state index is -0.337. The Morgan fingerprint density at radius 2 is 2.05 bits per heavy atom. The number of carbonyl (C=O) groups is 1. The monoisotopic (exact) mass is 349 g/mol. The summed E-state index contributed by atoms with van der Waals surface area (Å²) in [7, 11) is 0. The van der Waals surface area contributed by atoms with E-state index < -0.39 is 0 Å². The van der Waals surface area contributed by atoms with Crippen molar-refractivity contribution in [1.82, 2.24) is 9.97 Å². The van der Waals surface area contributed by atoms with E-state index in [9.17, 15) is 4.79 Å². The molecular formula is C15H9Cl2N3OS. The van der Waals surface area contributed by atoms with Crippen LogP contribution in [0.15, 0.2) is 48.1 Å². The van der Waals surface area contributed by atoms with Crippen molar-refractivity contribution in [3.05, 3.63) is 63.8 Å². The van der Waals surface area contributed by atoms with Crippen LogP contribution in [0.5, 0.6) is 0 Å². The van der Waals surface area contributed by atoms with Crippen molar-refractivity contribution < 1.29 is 4.79 Å². The van der Waals surface area contributed by atoms with E-state index in [-0.39, 0.29) is 5.91 Å². The average Bonchev–Trinajstić information content (AvgIpc) is 3.03. The Kier molecular flexibility index (Phi) is 4.38. The Bertz CT molecular complexity index is 821. The second-order valence-electron chi connectivity index (χ2n) is 4.34. The van der Waals surface area contributed by atoms with Crippen LogP contribution in [0, 0.1) is 0 Å². The topological polar surface area (TPSA) is 54.9 Å². The number of rotatable bonds is 3. The zero-order valence-corrected chi connectivity index (χ0v) is 13.4. The van der Waals surface area contributed by atoms with E-state index in [0.717, 1.165) is 10.6 Å². The molecule has 0 aliphatic heterocycles. The lowest BCUT2D eigenvalue weighted by Crippen LogP contribution is -2.12. The summed E-state index contributed by atoms with van der Waals surface area (Å²) < 4.78 is 0. The van der Waals surface area contributed by atoms with Crippen LogP contribution < -0.4 is 5.32 Å². The van der Waals surface area contributed by atoms with Gasteiger partial charge in [-0.2, -0.15) is 0 Å². The highest BCUT2D eigenvalue weighted by Crippen LogP contribution is 2.30. The number of nitrogens with zero attached hydrogens (tertiary/aromatic N) is 2. The van der Waals surface area contributed by atoms with Crippen LogP contribution in [0.1, 0.15) is 10.5 Å². The van der Waals surface area contributed by atoms with Gasteiger partial charge in [0, 0.05) is 23.3 Å². The highest BCUT2D eigenvalue weighted by Gasteiger charge is 2.14. The second-order valence-corrected chi connectivity index (χ2v) is 5.98. The smallest absolute Gasteiger partial charge is 0.275 e. The van der Waals surface area contributed by atoms with Gasteiger partial charge in [-0.15, -0.1) is 11.3 Å². The van der Waals surface area contributed by atoms with Gasteiger partial charge < -0.3 is 5.32 Å². The normalized spacial score (nSPS) is 10.5. The number of halogens is 2. The van der Waals surface area contributed by atoms with Crippen molar-refractivity contribution in [2.24, 2.45) is 0 Å². The number of amides is 1. The summed E-state index contributed by atoms with van der Waals surface area (Å²) in [5, 5.41) is 5.82. The molecule has 1 amide bonds. The summed E-state index contributed by atoms with van der Waals surface area (Å²) >= 11 is 13.4. The summed E-state index contributed by atoms with van der Waals surface area (Å²) in [6.45, 7) is 0. The molecule has 0 saturated carbocycles. The quantitative estimate of drug-likeness (QED) is 0.741. The zero-order valence-electron chi connectivity index (χ0n) is 11.1. The van der Waals surface area contributed by atoms with Crippen LogP contribution in [-0.4, -0.2) is 15.9 Å². The van der Waals surface area contributed by atoms with Crippen LogP contribution in [0.2, 0.25) is 10.0 Å². The van der Waals surface area contributed by atoms with Crippen molar-refractivity contribution in [3.8, 4) is 10.6 Å². The van der Waals surface area contributed by atoms with Crippen molar-refractivity contribution >= 4 is 46.1 Å². The summed E-state index contributed by atoms with van der Waals surface area (Å²) in [5.41, 5.74) is 1.64. The number of pyridine rings is 1. The molecule has 0 fully saturated rings. The number of aromatic nitrogens is 2. The molecule has 0 bridgehead atoms. The molecule has 7 heteroatoms. The molecule has 3 aromatic rings.